The number of nitrogens with zero attached hydrogens (tertiary/aromatic N) is 1. The largest absolute Gasteiger partial charge is 0.355 e. The van der Waals surface area contributed by atoms with E-state index in [2.05, 4.69) is 232 Å². The van der Waals surface area contributed by atoms with Crippen LogP contribution in [0.1, 0.15) is 139 Å². The van der Waals surface area contributed by atoms with Gasteiger partial charge in [-0.2, -0.15) is 0 Å². The van der Waals surface area contributed by atoms with Gasteiger partial charge in [-0.1, -0.05) is 191 Å². The molecule has 14 rings (SSSR count). The van der Waals surface area contributed by atoms with E-state index < -0.39 is 0 Å². The van der Waals surface area contributed by atoms with Crippen LogP contribution < -0.4 is 16.2 Å². The summed E-state index contributed by atoms with van der Waals surface area (Å²) in [5, 5.41) is 6.72. The monoisotopic (exact) mass is 976 g/mol. The van der Waals surface area contributed by atoms with Crippen molar-refractivity contribution in [1.29, 1.82) is 0 Å². The molecule has 0 fully saturated rings. The Hall–Kier alpha value is -6.75. The van der Waals surface area contributed by atoms with Crippen LogP contribution in [0, 0.1) is 0 Å². The molecule has 0 spiro atoms. The second-order valence-corrected chi connectivity index (χ2v) is 26.9. The Bertz CT molecular complexity index is 4020. The van der Waals surface area contributed by atoms with E-state index in [4.69, 9.17) is 6.58 Å². The van der Waals surface area contributed by atoms with Crippen LogP contribution in [0.3, 0.4) is 0 Å². The Labute approximate surface area is 443 Å². The third-order valence-electron chi connectivity index (χ3n) is 18.6. The van der Waals surface area contributed by atoms with Crippen LogP contribution in [0.25, 0.3) is 71.4 Å². The predicted octanol–water partition coefficient (Wildman–Crippen LogP) is 17.3. The minimum Gasteiger partial charge on any atom is -0.355 e. The highest BCUT2D eigenvalue weighted by Gasteiger charge is 2.44. The van der Waals surface area contributed by atoms with Crippen LogP contribution >= 0.6 is 11.8 Å². The van der Waals surface area contributed by atoms with Gasteiger partial charge in [-0.25, -0.2) is 0 Å². The second kappa shape index (κ2) is 15.2. The number of allylic oxidation sites excluding steroid dienone is 2. The highest BCUT2D eigenvalue weighted by Crippen LogP contribution is 2.57. The fourth-order valence-corrected chi connectivity index (χ4v) is 15.2. The van der Waals surface area contributed by atoms with Crippen molar-refractivity contribution in [2.45, 2.75) is 121 Å². The first-order valence-corrected chi connectivity index (χ1v) is 27.8. The fraction of sp³-hybridized carbons (Fsp3) is 0.257. The first-order valence-electron chi connectivity index (χ1n) is 27.0. The summed E-state index contributed by atoms with van der Waals surface area (Å²) in [7, 11) is 0.808. The van der Waals surface area contributed by atoms with Crippen molar-refractivity contribution < 1.29 is 0 Å². The summed E-state index contributed by atoms with van der Waals surface area (Å²) in [6.45, 7) is 31.2. The molecule has 3 heterocycles. The molecule has 0 saturated heterocycles. The summed E-state index contributed by atoms with van der Waals surface area (Å²) in [5.74, 6) is 0. The first kappa shape index (κ1) is 45.8. The van der Waals surface area contributed by atoms with Crippen LogP contribution in [-0.4, -0.2) is 11.8 Å². The van der Waals surface area contributed by atoms with Crippen LogP contribution in [0.2, 0.25) is 0 Å². The van der Waals surface area contributed by atoms with Gasteiger partial charge in [-0.15, -0.1) is 0 Å². The Morgan fingerprint density at radius 3 is 1.95 bits per heavy atom. The third kappa shape index (κ3) is 6.46. The first-order chi connectivity index (χ1) is 35.2. The predicted molar refractivity (Wildman–Crippen MR) is 321 cm³/mol. The van der Waals surface area contributed by atoms with E-state index in [1.807, 2.05) is 11.8 Å². The van der Waals surface area contributed by atoms with Gasteiger partial charge in [0.05, 0.1) is 5.52 Å². The summed E-state index contributed by atoms with van der Waals surface area (Å²) >= 11 is 1.87. The van der Waals surface area contributed by atoms with E-state index in [-0.39, 0.29) is 27.1 Å². The number of hydrogen-bond donors (Lipinski definition) is 1. The van der Waals surface area contributed by atoms with Gasteiger partial charge >= 0.3 is 0 Å². The molecule has 2 nitrogen and oxygen atoms in total. The minimum absolute atomic E-state index is 0.0617. The van der Waals surface area contributed by atoms with Crippen molar-refractivity contribution >= 4 is 73.6 Å². The van der Waals surface area contributed by atoms with E-state index in [9.17, 15) is 0 Å². The van der Waals surface area contributed by atoms with Gasteiger partial charge in [-0.05, 0) is 173 Å². The highest BCUT2D eigenvalue weighted by molar-refractivity contribution is 8.08. The molecule has 0 atom stereocenters. The zero-order valence-corrected chi connectivity index (χ0v) is 45.9. The number of aromatic nitrogens is 1. The van der Waals surface area contributed by atoms with E-state index in [0.29, 0.717) is 0 Å². The molecule has 0 saturated carbocycles. The number of thioether (sulfide) groups is 1. The molecule has 1 N–H and O–H groups in total. The van der Waals surface area contributed by atoms with Crippen molar-refractivity contribution in [2.75, 3.05) is 5.32 Å². The average Bonchev–Trinajstić information content (AvgIpc) is 3.94. The summed E-state index contributed by atoms with van der Waals surface area (Å²) in [6.07, 6.45) is 4.68. The second-order valence-electron chi connectivity index (χ2n) is 25.8. The average molecular weight is 977 g/mol. The molecule has 3 aliphatic carbocycles. The van der Waals surface area contributed by atoms with E-state index >= 15 is 0 Å². The lowest BCUT2D eigenvalue weighted by atomic mass is 9.58. The number of anilines is 2. The molecule has 4 heteroatoms. The van der Waals surface area contributed by atoms with Crippen LogP contribution in [-0.2, 0) is 27.1 Å². The lowest BCUT2D eigenvalue weighted by Gasteiger charge is -2.42. The SMILES string of the molecule is C=C1C=C(c2ccccc2)Sc2cc3c(cc21)Bc1c(-c2cc4c(cc2Nc2ccc(C(C)(C)C)cc2)C(C)(C)c2cc5c(cc2-4)C(C)(C)CCC5(C)C)ccc2c4cc5c(cc4n-3c12)-c1ccccc1C5(C)C. The van der Waals surface area contributed by atoms with Crippen molar-refractivity contribution in [3.63, 3.8) is 0 Å². The standard InChI is InChI=1S/C70H65BN2S/c1-39-30-62(40-18-14-13-15-19-40)74-63-38-61-58(34-46(39)63)71-64-44(26-27-45-51-33-53-49(35-60(51)73(61)65(45)64)43-20-16-17-21-52(43)69(53,9)10)50-31-47-48-32-56-57(68(7,8)29-28-67(56,5)6)36-54(48)70(11,12)55(47)37-59(50)72-42-24-22-41(23-25-42)66(2,3)4/h13-27,30-38,71-72H,1,28-29H2,2-12H3. The number of rotatable bonds is 4. The zero-order chi connectivity index (χ0) is 51.2. The Morgan fingerprint density at radius 2 is 1.20 bits per heavy atom. The maximum atomic E-state index is 4.71. The Kier molecular flexibility index (Phi) is 9.41. The molecule has 0 radical (unpaired) electrons. The summed E-state index contributed by atoms with van der Waals surface area (Å²) in [4.78, 5) is 2.50. The van der Waals surface area contributed by atoms with Gasteiger partial charge in [0, 0.05) is 59.5 Å². The summed E-state index contributed by atoms with van der Waals surface area (Å²) < 4.78 is 2.65. The molecule has 0 unspecified atom stereocenters. The van der Waals surface area contributed by atoms with Gasteiger partial charge in [-0.3, -0.25) is 0 Å². The van der Waals surface area contributed by atoms with Gasteiger partial charge in [0.25, 0.3) is 0 Å². The van der Waals surface area contributed by atoms with Gasteiger partial charge in [0.15, 0.2) is 7.28 Å². The number of fused-ring (bicyclic) bond motifs is 13. The van der Waals surface area contributed by atoms with E-state index in [0.717, 1.165) is 24.2 Å². The van der Waals surface area contributed by atoms with Crippen molar-refractivity contribution in [3.05, 3.63) is 202 Å². The van der Waals surface area contributed by atoms with Crippen molar-refractivity contribution in [1.82, 2.24) is 4.57 Å². The molecular formula is C70H65BN2S. The van der Waals surface area contributed by atoms with Crippen LogP contribution in [0.4, 0.5) is 11.4 Å². The molecule has 8 aromatic carbocycles. The number of nitrogens with one attached hydrogen (secondary N) is 1. The maximum absolute atomic E-state index is 4.71. The molecule has 74 heavy (non-hydrogen) atoms. The number of benzene rings is 8. The highest BCUT2D eigenvalue weighted by atomic mass is 32.2. The summed E-state index contributed by atoms with van der Waals surface area (Å²) in [5.41, 5.74) is 30.3. The normalized spacial score (nSPS) is 17.6. The molecular weight excluding hydrogens is 912 g/mol. The van der Waals surface area contributed by atoms with Gasteiger partial charge < -0.3 is 9.88 Å². The molecule has 9 aromatic rings. The lowest BCUT2D eigenvalue weighted by Crippen LogP contribution is -2.37. The molecule has 1 aromatic heterocycles. The van der Waals surface area contributed by atoms with Gasteiger partial charge in [0.2, 0.25) is 0 Å². The maximum Gasteiger partial charge on any atom is 0.198 e. The fourth-order valence-electron chi connectivity index (χ4n) is 14.0. The molecule has 2 aliphatic heterocycles. The molecule has 0 bridgehead atoms. The van der Waals surface area contributed by atoms with Crippen molar-refractivity contribution in [2.24, 2.45) is 0 Å². The minimum atomic E-state index is -0.187. The van der Waals surface area contributed by atoms with Crippen LogP contribution in [0.15, 0.2) is 157 Å². The Balaban J connectivity index is 1.04. The van der Waals surface area contributed by atoms with E-state index in [1.54, 1.807) is 0 Å². The summed E-state index contributed by atoms with van der Waals surface area (Å²) in [6, 6.07) is 54.4. The quantitative estimate of drug-likeness (QED) is 0.177. The smallest absolute Gasteiger partial charge is 0.198 e. The molecule has 5 aliphatic rings. The molecule has 0 amide bonds. The number of hydrogen-bond acceptors (Lipinski definition) is 2. The van der Waals surface area contributed by atoms with E-state index in [1.165, 1.54) is 145 Å². The zero-order valence-electron chi connectivity index (χ0n) is 45.0. The molecule has 364 valence electrons. The topological polar surface area (TPSA) is 17.0 Å². The van der Waals surface area contributed by atoms with Gasteiger partial charge in [0.1, 0.15) is 0 Å². The third-order valence-corrected chi connectivity index (χ3v) is 19.7. The van der Waals surface area contributed by atoms with Crippen molar-refractivity contribution in [3.8, 4) is 39.1 Å². The lowest BCUT2D eigenvalue weighted by molar-refractivity contribution is 0.331. The Morgan fingerprint density at radius 1 is 0.554 bits per heavy atom. The van der Waals surface area contributed by atoms with Crippen LogP contribution in [0.5, 0.6) is 0 Å².